The monoisotopic (exact) mass is 671 g/mol. The maximum atomic E-state index is 14.4. The van der Waals surface area contributed by atoms with Crippen LogP contribution in [0.5, 0.6) is 5.75 Å². The summed E-state index contributed by atoms with van der Waals surface area (Å²) in [5.74, 6) is 0.166. The Morgan fingerprint density at radius 2 is 1.80 bits per heavy atom. The smallest absolute Gasteiger partial charge is 0.252 e. The second kappa shape index (κ2) is 14.9. The largest absolute Gasteiger partial charge is 0.494 e. The fourth-order valence-electron chi connectivity index (χ4n) is 5.16. The summed E-state index contributed by atoms with van der Waals surface area (Å²) in [5, 5.41) is 16.0. The highest BCUT2D eigenvalue weighted by Gasteiger charge is 2.54. The van der Waals surface area contributed by atoms with Gasteiger partial charge in [-0.25, -0.2) is 9.38 Å². The van der Waals surface area contributed by atoms with Crippen LogP contribution in [0.4, 0.5) is 10.1 Å². The fraction of sp³-hybridized carbons (Fsp3) is 0.235. The first-order valence-electron chi connectivity index (χ1n) is 14.4. The van der Waals surface area contributed by atoms with E-state index >= 15 is 0 Å². The Balaban J connectivity index is 1.56. The maximum Gasteiger partial charge on any atom is 0.252 e. The Kier molecular flexibility index (Phi) is 10.5. The van der Waals surface area contributed by atoms with Crippen LogP contribution in [0, 0.1) is 5.82 Å². The van der Waals surface area contributed by atoms with Crippen LogP contribution in [-0.2, 0) is 22.4 Å². The molecule has 4 aromatic rings. The minimum Gasteiger partial charge on any atom is -0.494 e. The van der Waals surface area contributed by atoms with Crippen LogP contribution in [0.2, 0.25) is 0 Å². The summed E-state index contributed by atoms with van der Waals surface area (Å²) >= 11 is 3.63. The Bertz CT molecular complexity index is 1710. The fourth-order valence-corrected chi connectivity index (χ4v) is 5.59. The number of azide groups is 1. The average molecular weight is 673 g/mol. The molecule has 1 amide bonds. The number of benzene rings is 4. The van der Waals surface area contributed by atoms with Crippen molar-refractivity contribution in [3.8, 4) is 5.75 Å². The lowest BCUT2D eigenvalue weighted by Crippen LogP contribution is -2.50. The van der Waals surface area contributed by atoms with Gasteiger partial charge in [0, 0.05) is 52.2 Å². The zero-order valence-corrected chi connectivity index (χ0v) is 25.9. The molecule has 1 aliphatic rings. The van der Waals surface area contributed by atoms with Crippen molar-refractivity contribution in [3.63, 3.8) is 0 Å². The lowest BCUT2D eigenvalue weighted by atomic mass is 9.81. The van der Waals surface area contributed by atoms with E-state index in [0.29, 0.717) is 42.0 Å². The molecule has 2 N–H and O–H groups in total. The Morgan fingerprint density at radius 3 is 2.53 bits per heavy atom. The normalized spacial score (nSPS) is 17.1. The number of hydrogen-bond donors (Lipinski definition) is 2. The van der Waals surface area contributed by atoms with Crippen LogP contribution in [0.3, 0.4) is 0 Å². The molecule has 45 heavy (non-hydrogen) atoms. The molecule has 2 atom stereocenters. The number of hydrogen-bond acceptors (Lipinski definition) is 6. The second-order valence-electron chi connectivity index (χ2n) is 10.4. The highest BCUT2D eigenvalue weighted by atomic mass is 79.9. The molecule has 1 aliphatic heterocycles. The van der Waals surface area contributed by atoms with E-state index in [1.54, 1.807) is 60.7 Å². The van der Waals surface area contributed by atoms with Gasteiger partial charge in [0.15, 0.2) is 11.6 Å². The molecule has 0 radical (unpaired) electrons. The number of amides is 1. The van der Waals surface area contributed by atoms with Gasteiger partial charge in [0.25, 0.3) is 5.91 Å². The molecule has 0 saturated carbocycles. The standard InChI is InChI=1S/C34H31BrFN5O4/c35-29-8-3-1-6-25(29)22-34(33(43)38-19-18-23-10-14-26(36)15-11-23)31(28-7-2-4-9-30(28)40-41-37)45-32(39-34)24-12-16-27(17-13-24)44-21-5-20-42/h1-4,6-17,31,42H,5,18-22H2,(H,38,43)/t31-,34-/m1/s1. The van der Waals surface area contributed by atoms with Gasteiger partial charge in [-0.2, -0.15) is 0 Å². The molecule has 4 aromatic carbocycles. The molecule has 1 heterocycles. The Labute approximate surface area is 268 Å². The lowest BCUT2D eigenvalue weighted by molar-refractivity contribution is -0.128. The van der Waals surface area contributed by atoms with Crippen molar-refractivity contribution in [1.29, 1.82) is 0 Å². The molecular weight excluding hydrogens is 641 g/mol. The molecule has 0 unspecified atom stereocenters. The summed E-state index contributed by atoms with van der Waals surface area (Å²) in [6.07, 6.45) is 0.203. The van der Waals surface area contributed by atoms with Gasteiger partial charge in [0.2, 0.25) is 5.90 Å². The summed E-state index contributed by atoms with van der Waals surface area (Å²) in [7, 11) is 0. The van der Waals surface area contributed by atoms with Crippen LogP contribution >= 0.6 is 15.9 Å². The van der Waals surface area contributed by atoms with Gasteiger partial charge in [-0.05, 0) is 65.5 Å². The van der Waals surface area contributed by atoms with Crippen LogP contribution in [0.1, 0.15) is 34.8 Å². The van der Waals surface area contributed by atoms with Crippen molar-refractivity contribution >= 4 is 33.4 Å². The number of aliphatic hydroxyl groups is 1. The van der Waals surface area contributed by atoms with E-state index in [-0.39, 0.29) is 37.2 Å². The summed E-state index contributed by atoms with van der Waals surface area (Å²) in [6.45, 7) is 0.684. The van der Waals surface area contributed by atoms with Gasteiger partial charge in [-0.15, -0.1) is 0 Å². The zero-order chi connectivity index (χ0) is 31.6. The topological polar surface area (TPSA) is 129 Å². The van der Waals surface area contributed by atoms with Gasteiger partial charge >= 0.3 is 0 Å². The first-order chi connectivity index (χ1) is 21.9. The van der Waals surface area contributed by atoms with E-state index in [0.717, 1.165) is 15.6 Å². The molecule has 0 fully saturated rings. The highest BCUT2D eigenvalue weighted by Crippen LogP contribution is 2.46. The Hall–Kier alpha value is -4.70. The summed E-state index contributed by atoms with van der Waals surface area (Å²) in [4.78, 5) is 22.5. The molecule has 230 valence electrons. The molecule has 0 bridgehead atoms. The van der Waals surface area contributed by atoms with Gasteiger partial charge in [-0.1, -0.05) is 75.6 Å². The maximum absolute atomic E-state index is 14.4. The number of aliphatic hydroxyl groups excluding tert-OH is 1. The molecule has 0 saturated heterocycles. The summed E-state index contributed by atoms with van der Waals surface area (Å²) in [5.41, 5.74) is 11.0. The van der Waals surface area contributed by atoms with Gasteiger partial charge in [0.05, 0.1) is 6.61 Å². The number of nitrogens with one attached hydrogen (secondary N) is 1. The van der Waals surface area contributed by atoms with Crippen LogP contribution in [0.25, 0.3) is 10.4 Å². The Morgan fingerprint density at radius 1 is 1.07 bits per heavy atom. The predicted molar refractivity (Wildman–Crippen MR) is 173 cm³/mol. The van der Waals surface area contributed by atoms with Crippen molar-refractivity contribution in [2.24, 2.45) is 10.1 Å². The lowest BCUT2D eigenvalue weighted by Gasteiger charge is -2.31. The van der Waals surface area contributed by atoms with Crippen LogP contribution in [-0.4, -0.2) is 42.2 Å². The van der Waals surface area contributed by atoms with Crippen molar-refractivity contribution in [3.05, 3.63) is 140 Å². The molecular formula is C34H31BrFN5O4. The second-order valence-corrected chi connectivity index (χ2v) is 11.3. The molecule has 0 aromatic heterocycles. The molecule has 0 spiro atoms. The van der Waals surface area contributed by atoms with E-state index in [4.69, 9.17) is 19.6 Å². The number of ether oxygens (including phenoxy) is 2. The van der Waals surface area contributed by atoms with Gasteiger partial charge in [-0.3, -0.25) is 4.79 Å². The van der Waals surface area contributed by atoms with Crippen molar-refractivity contribution in [2.45, 2.75) is 30.9 Å². The van der Waals surface area contributed by atoms with E-state index in [2.05, 4.69) is 31.3 Å². The third-order valence-electron chi connectivity index (χ3n) is 7.43. The van der Waals surface area contributed by atoms with Gasteiger partial charge in [0.1, 0.15) is 11.6 Å². The minimum atomic E-state index is -1.50. The van der Waals surface area contributed by atoms with E-state index in [1.807, 2.05) is 24.3 Å². The number of carbonyl (C=O) groups excluding carboxylic acids is 1. The number of rotatable bonds is 13. The molecule has 11 heteroatoms. The quantitative estimate of drug-likeness (QED) is 0.0677. The van der Waals surface area contributed by atoms with Crippen molar-refractivity contribution < 1.29 is 23.8 Å². The van der Waals surface area contributed by atoms with Crippen molar-refractivity contribution in [2.75, 3.05) is 19.8 Å². The van der Waals surface area contributed by atoms with E-state index in [9.17, 15) is 14.7 Å². The first-order valence-corrected chi connectivity index (χ1v) is 15.2. The van der Waals surface area contributed by atoms with E-state index < -0.39 is 11.6 Å². The molecule has 0 aliphatic carbocycles. The van der Waals surface area contributed by atoms with Crippen molar-refractivity contribution in [1.82, 2.24) is 5.32 Å². The number of halogens is 2. The summed E-state index contributed by atoms with van der Waals surface area (Å²) in [6, 6.07) is 27.9. The predicted octanol–water partition coefficient (Wildman–Crippen LogP) is 7.15. The average Bonchev–Trinajstić information content (AvgIpc) is 3.44. The third-order valence-corrected chi connectivity index (χ3v) is 8.21. The number of nitrogens with zero attached hydrogens (tertiary/aromatic N) is 4. The summed E-state index contributed by atoms with van der Waals surface area (Å²) < 4.78 is 26.5. The number of aliphatic imine (C=N–C) groups is 1. The molecule has 9 nitrogen and oxygen atoms in total. The minimum absolute atomic E-state index is 0.0347. The number of carbonyl (C=O) groups is 1. The molecule has 5 rings (SSSR count). The van der Waals surface area contributed by atoms with Gasteiger partial charge < -0.3 is 19.9 Å². The first kappa shape index (κ1) is 31.7. The van der Waals surface area contributed by atoms with Crippen LogP contribution in [0.15, 0.2) is 112 Å². The van der Waals surface area contributed by atoms with Crippen LogP contribution < -0.4 is 10.1 Å². The third kappa shape index (κ3) is 7.51. The van der Waals surface area contributed by atoms with E-state index in [1.165, 1.54) is 12.1 Å². The SMILES string of the molecule is [N-]=[N+]=Nc1ccccc1[C@H]1OC(c2ccc(OCCCO)cc2)=N[C@@]1(Cc1ccccc1Br)C(=O)NCCc1ccc(F)cc1. The highest BCUT2D eigenvalue weighted by molar-refractivity contribution is 9.10. The zero-order valence-electron chi connectivity index (χ0n) is 24.3.